The predicted molar refractivity (Wildman–Crippen MR) is 184 cm³/mol. The van der Waals surface area contributed by atoms with Crippen molar-refractivity contribution in [2.75, 3.05) is 44.6 Å². The monoisotopic (exact) mass is 634 g/mol. The fraction of sp³-hybridized carbons (Fsp3) is 0.333. The van der Waals surface area contributed by atoms with Gasteiger partial charge in [0.15, 0.2) is 17.2 Å². The molecule has 47 heavy (non-hydrogen) atoms. The van der Waals surface area contributed by atoms with Crippen molar-refractivity contribution in [3.05, 3.63) is 94.2 Å². The molecule has 6 aromatic rings. The standard InChI is InChI=1S/C36H39FN8O2/c1-23(2)43-18-16-42(17-19-43)15-8-20-47-31-14-13-26(21-28(31)37)39-35-38-22-27-33(41-35)44-30-12-6-5-11-29(30)40-36(44)45(34(27)46)32-24(3)9-7-10-25(32)4/h5-7,9-14,21-23H,8,15-20H2,1-4H3,(H,38,39,41). The van der Waals surface area contributed by atoms with Crippen LogP contribution in [0, 0.1) is 19.7 Å². The topological polar surface area (TPSA) is 92.8 Å². The third-order valence-corrected chi connectivity index (χ3v) is 9.02. The Morgan fingerprint density at radius 2 is 1.72 bits per heavy atom. The fourth-order valence-electron chi connectivity index (χ4n) is 6.50. The molecule has 11 heteroatoms. The molecule has 0 radical (unpaired) electrons. The molecule has 3 aromatic carbocycles. The zero-order valence-electron chi connectivity index (χ0n) is 27.2. The van der Waals surface area contributed by atoms with Gasteiger partial charge < -0.3 is 15.0 Å². The van der Waals surface area contributed by atoms with E-state index in [0.29, 0.717) is 35.1 Å². The SMILES string of the molecule is Cc1cccc(C)c1-n1c(=O)c2cnc(Nc3ccc(OCCCN4CCN(C(C)C)CC4)c(F)c3)nc2n2c3ccccc3nc12. The van der Waals surface area contributed by atoms with Gasteiger partial charge in [0, 0.05) is 56.7 Å². The van der Waals surface area contributed by atoms with E-state index in [1.807, 2.05) is 60.7 Å². The Kier molecular flexibility index (Phi) is 8.33. The van der Waals surface area contributed by atoms with Gasteiger partial charge in [-0.25, -0.2) is 18.9 Å². The molecular formula is C36H39FN8O2. The zero-order valence-corrected chi connectivity index (χ0v) is 27.2. The number of para-hydroxylation sites is 3. The van der Waals surface area contributed by atoms with Crippen LogP contribution in [-0.2, 0) is 0 Å². The van der Waals surface area contributed by atoms with Crippen LogP contribution in [0.4, 0.5) is 16.0 Å². The Bertz CT molecular complexity index is 2130. The predicted octanol–water partition coefficient (Wildman–Crippen LogP) is 5.88. The van der Waals surface area contributed by atoms with Crippen LogP contribution in [0.25, 0.3) is 33.5 Å². The summed E-state index contributed by atoms with van der Waals surface area (Å²) in [4.78, 5) is 33.1. The van der Waals surface area contributed by atoms with Gasteiger partial charge >= 0.3 is 0 Å². The molecule has 0 atom stereocenters. The first kappa shape index (κ1) is 30.8. The minimum absolute atomic E-state index is 0.207. The summed E-state index contributed by atoms with van der Waals surface area (Å²) in [6.45, 7) is 14.1. The summed E-state index contributed by atoms with van der Waals surface area (Å²) in [5.74, 6) is 0.418. The van der Waals surface area contributed by atoms with Crippen LogP contribution in [0.1, 0.15) is 31.4 Å². The molecule has 7 rings (SSSR count). The second-order valence-corrected chi connectivity index (χ2v) is 12.5. The molecule has 0 saturated carbocycles. The Hall–Kier alpha value is -4.87. The highest BCUT2D eigenvalue weighted by Gasteiger charge is 2.21. The third kappa shape index (κ3) is 5.92. The molecular weight excluding hydrogens is 595 g/mol. The molecule has 1 aliphatic rings. The Labute approximate surface area is 272 Å². The maximum Gasteiger partial charge on any atom is 0.270 e. The van der Waals surface area contributed by atoms with Gasteiger partial charge in [0.05, 0.1) is 23.3 Å². The number of piperazine rings is 1. The first-order valence-corrected chi connectivity index (χ1v) is 16.2. The average Bonchev–Trinajstić information content (AvgIpc) is 3.45. The molecule has 3 aromatic heterocycles. The molecule has 0 bridgehead atoms. The van der Waals surface area contributed by atoms with Crippen molar-refractivity contribution in [3.8, 4) is 11.4 Å². The number of aromatic nitrogens is 5. The van der Waals surface area contributed by atoms with E-state index in [-0.39, 0.29) is 17.3 Å². The summed E-state index contributed by atoms with van der Waals surface area (Å²) in [5, 5.41) is 3.44. The van der Waals surface area contributed by atoms with Gasteiger partial charge in [0.2, 0.25) is 11.7 Å². The summed E-state index contributed by atoms with van der Waals surface area (Å²) < 4.78 is 24.4. The van der Waals surface area contributed by atoms with Crippen LogP contribution in [0.2, 0.25) is 0 Å². The van der Waals surface area contributed by atoms with Gasteiger partial charge in [-0.2, -0.15) is 4.98 Å². The number of aryl methyl sites for hydroxylation is 2. The molecule has 1 fully saturated rings. The Morgan fingerprint density at radius 3 is 2.47 bits per heavy atom. The minimum Gasteiger partial charge on any atom is -0.490 e. The highest BCUT2D eigenvalue weighted by molar-refractivity contribution is 5.88. The third-order valence-electron chi connectivity index (χ3n) is 9.02. The number of hydrogen-bond donors (Lipinski definition) is 1. The normalized spacial score (nSPS) is 14.5. The van der Waals surface area contributed by atoms with Gasteiger partial charge in [0.1, 0.15) is 5.39 Å². The van der Waals surface area contributed by atoms with E-state index in [2.05, 4.69) is 33.9 Å². The van der Waals surface area contributed by atoms with Gasteiger partial charge in [-0.3, -0.25) is 14.1 Å². The van der Waals surface area contributed by atoms with E-state index >= 15 is 4.39 Å². The van der Waals surface area contributed by atoms with E-state index in [1.54, 1.807) is 16.7 Å². The summed E-state index contributed by atoms with van der Waals surface area (Å²) in [7, 11) is 0. The molecule has 242 valence electrons. The lowest BCUT2D eigenvalue weighted by Gasteiger charge is -2.36. The van der Waals surface area contributed by atoms with Gasteiger partial charge in [-0.05, 0) is 69.5 Å². The average molecular weight is 635 g/mol. The number of hydrogen-bond acceptors (Lipinski definition) is 8. The van der Waals surface area contributed by atoms with E-state index in [1.165, 1.54) is 12.3 Å². The van der Waals surface area contributed by atoms with Crippen LogP contribution in [0.3, 0.4) is 0 Å². The highest BCUT2D eigenvalue weighted by atomic mass is 19.1. The minimum atomic E-state index is -0.471. The van der Waals surface area contributed by atoms with Gasteiger partial charge in [-0.1, -0.05) is 30.3 Å². The number of halogens is 1. The Balaban J connectivity index is 1.13. The van der Waals surface area contributed by atoms with Gasteiger partial charge in [0.25, 0.3) is 5.56 Å². The molecule has 0 unspecified atom stereocenters. The second kappa shape index (κ2) is 12.7. The summed E-state index contributed by atoms with van der Waals surface area (Å²) in [6.07, 6.45) is 2.34. The summed E-state index contributed by atoms with van der Waals surface area (Å²) in [6, 6.07) is 18.9. The van der Waals surface area contributed by atoms with Crippen LogP contribution < -0.4 is 15.6 Å². The number of fused-ring (bicyclic) bond motifs is 5. The number of anilines is 2. The van der Waals surface area contributed by atoms with Crippen LogP contribution in [-0.4, -0.2) is 79.1 Å². The van der Waals surface area contributed by atoms with E-state index in [0.717, 1.165) is 67.0 Å². The lowest BCUT2D eigenvalue weighted by molar-refractivity contribution is 0.104. The number of imidazole rings is 1. The fourth-order valence-corrected chi connectivity index (χ4v) is 6.50. The lowest BCUT2D eigenvalue weighted by atomic mass is 10.1. The van der Waals surface area contributed by atoms with Crippen molar-refractivity contribution in [2.24, 2.45) is 0 Å². The van der Waals surface area contributed by atoms with Crippen LogP contribution in [0.15, 0.2) is 71.7 Å². The summed E-state index contributed by atoms with van der Waals surface area (Å²) >= 11 is 0. The number of benzene rings is 3. The number of nitrogens with zero attached hydrogens (tertiary/aromatic N) is 7. The van der Waals surface area contributed by atoms with Crippen molar-refractivity contribution < 1.29 is 9.13 Å². The quantitative estimate of drug-likeness (QED) is 0.197. The van der Waals surface area contributed by atoms with Crippen molar-refractivity contribution in [3.63, 3.8) is 0 Å². The molecule has 0 amide bonds. The van der Waals surface area contributed by atoms with Crippen molar-refractivity contribution in [1.82, 2.24) is 33.7 Å². The smallest absolute Gasteiger partial charge is 0.270 e. The molecule has 4 heterocycles. The highest BCUT2D eigenvalue weighted by Crippen LogP contribution is 2.27. The Morgan fingerprint density at radius 1 is 0.957 bits per heavy atom. The largest absolute Gasteiger partial charge is 0.490 e. The summed E-state index contributed by atoms with van der Waals surface area (Å²) in [5.41, 5.74) is 4.84. The molecule has 1 N–H and O–H groups in total. The van der Waals surface area contributed by atoms with E-state index in [9.17, 15) is 4.79 Å². The molecule has 0 aliphatic carbocycles. The van der Waals surface area contributed by atoms with Crippen molar-refractivity contribution >= 4 is 39.5 Å². The molecule has 10 nitrogen and oxygen atoms in total. The number of ether oxygens (including phenoxy) is 1. The molecule has 1 aliphatic heterocycles. The number of nitrogens with one attached hydrogen (secondary N) is 1. The lowest BCUT2D eigenvalue weighted by Crippen LogP contribution is -2.49. The first-order chi connectivity index (χ1) is 22.8. The zero-order chi connectivity index (χ0) is 32.7. The van der Waals surface area contributed by atoms with E-state index in [4.69, 9.17) is 14.7 Å². The molecule has 1 saturated heterocycles. The first-order valence-electron chi connectivity index (χ1n) is 16.2. The van der Waals surface area contributed by atoms with E-state index < -0.39 is 5.82 Å². The molecule has 0 spiro atoms. The maximum atomic E-state index is 15.1. The second-order valence-electron chi connectivity index (χ2n) is 12.5. The van der Waals surface area contributed by atoms with Crippen molar-refractivity contribution in [2.45, 2.75) is 40.2 Å². The van der Waals surface area contributed by atoms with Crippen molar-refractivity contribution in [1.29, 1.82) is 0 Å². The van der Waals surface area contributed by atoms with Crippen LogP contribution >= 0.6 is 0 Å². The maximum absolute atomic E-state index is 15.1. The van der Waals surface area contributed by atoms with Crippen LogP contribution in [0.5, 0.6) is 5.75 Å². The number of rotatable bonds is 9. The van der Waals surface area contributed by atoms with Gasteiger partial charge in [-0.15, -0.1) is 0 Å².